The van der Waals surface area contributed by atoms with E-state index in [1.807, 2.05) is 61.7 Å². The van der Waals surface area contributed by atoms with E-state index in [1.165, 1.54) is 0 Å². The number of pyridine rings is 1. The van der Waals surface area contributed by atoms with Crippen LogP contribution < -0.4 is 15.4 Å². The molecule has 2 N–H and O–H groups in total. The van der Waals surface area contributed by atoms with Gasteiger partial charge in [-0.1, -0.05) is 79.7 Å². The highest BCUT2D eigenvalue weighted by Crippen LogP contribution is 2.39. The summed E-state index contributed by atoms with van der Waals surface area (Å²) in [5.74, 6) is 1.91. The minimum absolute atomic E-state index is 0.0699. The second-order valence-electron chi connectivity index (χ2n) is 15.8. The van der Waals surface area contributed by atoms with Crippen molar-refractivity contribution in [2.45, 2.75) is 122 Å². The molecule has 4 aromatic rings. The molecule has 0 bridgehead atoms. The summed E-state index contributed by atoms with van der Waals surface area (Å²) < 4.78 is 8.56. The number of benzene rings is 1. The van der Waals surface area contributed by atoms with Crippen molar-refractivity contribution in [1.29, 1.82) is 0 Å². The summed E-state index contributed by atoms with van der Waals surface area (Å²) in [4.78, 5) is 38.4. The Kier molecular flexibility index (Phi) is 10.7. The molecule has 1 aliphatic carbocycles. The number of hydrogen-bond acceptors (Lipinski definition) is 8. The van der Waals surface area contributed by atoms with Crippen LogP contribution in [0.5, 0.6) is 5.75 Å². The number of nitrogens with zero attached hydrogens (tertiary/aromatic N) is 6. The molecular weight excluding hydrogens is 628 g/mol. The molecule has 3 aromatic heterocycles. The Hall–Kier alpha value is -4.38. The molecule has 1 aromatic carbocycles. The summed E-state index contributed by atoms with van der Waals surface area (Å²) in [6.07, 6.45) is 6.07. The number of ketones is 1. The standard InChI is InChI=1S/C39H54N8O3/c1-11-39(12-2,46(9)10)22-21-29(48)34-41-31(37(3,4)5)23-32(42-34)43-36(49)40-28-18-19-30(27-16-14-13-15-26(27)28)50-25-17-20-33-44-45-35(38(6,7)8)47(33)24-25/h13-17,20,23-24,28,30H,11-12,18-19,21-22H2,1-10H3,(H2,40,41,42,43,49)/t28-,30+/m0/s1. The van der Waals surface area contributed by atoms with Gasteiger partial charge in [-0.2, -0.15) is 0 Å². The number of fused-ring (bicyclic) bond motifs is 2. The van der Waals surface area contributed by atoms with Crippen molar-refractivity contribution >= 4 is 23.3 Å². The van der Waals surface area contributed by atoms with Crippen LogP contribution in [0.1, 0.15) is 139 Å². The Balaban J connectivity index is 1.31. The van der Waals surface area contributed by atoms with Crippen molar-refractivity contribution in [3.8, 4) is 5.75 Å². The normalized spacial score (nSPS) is 16.7. The van der Waals surface area contributed by atoms with Crippen LogP contribution in [0.4, 0.5) is 10.6 Å². The number of urea groups is 1. The summed E-state index contributed by atoms with van der Waals surface area (Å²) in [7, 11) is 4.13. The summed E-state index contributed by atoms with van der Waals surface area (Å²) in [6, 6.07) is 13.1. The van der Waals surface area contributed by atoms with Crippen LogP contribution in [0.3, 0.4) is 0 Å². The van der Waals surface area contributed by atoms with E-state index < -0.39 is 6.03 Å². The highest BCUT2D eigenvalue weighted by molar-refractivity contribution is 5.94. The summed E-state index contributed by atoms with van der Waals surface area (Å²) >= 11 is 0. The maximum absolute atomic E-state index is 13.5. The van der Waals surface area contributed by atoms with Gasteiger partial charge in [0.1, 0.15) is 23.5 Å². The molecule has 3 heterocycles. The first kappa shape index (κ1) is 36.9. The quantitative estimate of drug-likeness (QED) is 0.153. The Morgan fingerprint density at radius 3 is 2.26 bits per heavy atom. The van der Waals surface area contributed by atoms with Crippen LogP contribution in [0, 0.1) is 0 Å². The lowest BCUT2D eigenvalue weighted by molar-refractivity contribution is 0.0885. The second kappa shape index (κ2) is 14.5. The summed E-state index contributed by atoms with van der Waals surface area (Å²) in [5, 5.41) is 14.8. The SMILES string of the molecule is CCC(CC)(CCC(=O)c1nc(NC(=O)N[C@H]2CC[C@@H](Oc3ccc4nnc(C(C)(C)C)n4c3)c3ccccc32)cc(C(C)(C)C)n1)N(C)C. The van der Waals surface area contributed by atoms with Gasteiger partial charge in [-0.15, -0.1) is 10.2 Å². The van der Waals surface area contributed by atoms with E-state index in [9.17, 15) is 9.59 Å². The molecule has 2 atom stereocenters. The number of nitrogens with one attached hydrogen (secondary N) is 2. The number of aromatic nitrogens is 5. The lowest BCUT2D eigenvalue weighted by atomic mass is 9.85. The van der Waals surface area contributed by atoms with Gasteiger partial charge >= 0.3 is 6.03 Å². The number of rotatable bonds is 11. The molecule has 0 fully saturated rings. The van der Waals surface area contributed by atoms with Crippen LogP contribution in [-0.2, 0) is 10.8 Å². The third-order valence-electron chi connectivity index (χ3n) is 10.1. The lowest BCUT2D eigenvalue weighted by Gasteiger charge is -2.38. The second-order valence-corrected chi connectivity index (χ2v) is 15.8. The smallest absolute Gasteiger partial charge is 0.320 e. The van der Waals surface area contributed by atoms with Gasteiger partial charge in [-0.25, -0.2) is 14.8 Å². The van der Waals surface area contributed by atoms with E-state index in [1.54, 1.807) is 6.07 Å². The molecule has 5 rings (SSSR count). The molecule has 50 heavy (non-hydrogen) atoms. The number of hydrogen-bond donors (Lipinski definition) is 2. The van der Waals surface area contributed by atoms with Gasteiger partial charge < -0.3 is 15.0 Å². The number of ether oxygens (including phenoxy) is 1. The van der Waals surface area contributed by atoms with Gasteiger partial charge in [0.25, 0.3) is 0 Å². The van der Waals surface area contributed by atoms with Crippen LogP contribution in [-0.4, -0.2) is 60.9 Å². The van der Waals surface area contributed by atoms with Crippen molar-refractivity contribution in [3.63, 3.8) is 0 Å². The highest BCUT2D eigenvalue weighted by Gasteiger charge is 2.32. The van der Waals surface area contributed by atoms with Crippen LogP contribution in [0.15, 0.2) is 48.7 Å². The molecule has 268 valence electrons. The zero-order valence-corrected chi connectivity index (χ0v) is 31.4. The zero-order valence-electron chi connectivity index (χ0n) is 31.4. The van der Waals surface area contributed by atoms with E-state index in [4.69, 9.17) is 4.74 Å². The first-order valence-corrected chi connectivity index (χ1v) is 17.8. The maximum atomic E-state index is 13.5. The first-order valence-electron chi connectivity index (χ1n) is 17.8. The topological polar surface area (TPSA) is 127 Å². The van der Waals surface area contributed by atoms with Gasteiger partial charge in [0, 0.05) is 28.9 Å². The van der Waals surface area contributed by atoms with Crippen molar-refractivity contribution in [3.05, 3.63) is 77.1 Å². The van der Waals surface area contributed by atoms with Gasteiger partial charge in [-0.05, 0) is 69.5 Å². The monoisotopic (exact) mass is 682 g/mol. The molecule has 0 spiro atoms. The van der Waals surface area contributed by atoms with Gasteiger partial charge in [0.15, 0.2) is 17.3 Å². The van der Waals surface area contributed by atoms with E-state index in [0.717, 1.165) is 41.2 Å². The van der Waals surface area contributed by atoms with E-state index in [0.29, 0.717) is 37.2 Å². The predicted octanol–water partition coefficient (Wildman–Crippen LogP) is 7.97. The molecule has 2 amide bonds. The molecule has 11 nitrogen and oxygen atoms in total. The largest absolute Gasteiger partial charge is 0.484 e. The average Bonchev–Trinajstić information content (AvgIpc) is 3.50. The van der Waals surface area contributed by atoms with E-state index >= 15 is 0 Å². The van der Waals surface area contributed by atoms with Crippen LogP contribution in [0.2, 0.25) is 0 Å². The van der Waals surface area contributed by atoms with Gasteiger partial charge in [-0.3, -0.25) is 14.5 Å². The molecule has 0 unspecified atom stereocenters. The fraction of sp³-hybridized carbons (Fsp3) is 0.538. The van der Waals surface area contributed by atoms with Crippen LogP contribution >= 0.6 is 0 Å². The minimum Gasteiger partial charge on any atom is -0.484 e. The van der Waals surface area contributed by atoms with Gasteiger partial charge in [0.2, 0.25) is 0 Å². The number of carbonyl (C=O) groups excluding carboxylic acids is 2. The lowest BCUT2D eigenvalue weighted by Crippen LogP contribution is -2.43. The highest BCUT2D eigenvalue weighted by atomic mass is 16.5. The minimum atomic E-state index is -0.391. The Morgan fingerprint density at radius 2 is 1.62 bits per heavy atom. The van der Waals surface area contributed by atoms with Crippen molar-refractivity contribution in [1.82, 2.24) is 34.8 Å². The molecule has 0 aliphatic heterocycles. The van der Waals surface area contributed by atoms with Crippen molar-refractivity contribution in [2.24, 2.45) is 0 Å². The number of carbonyl (C=O) groups is 2. The number of anilines is 1. The van der Waals surface area contributed by atoms with Crippen molar-refractivity contribution < 1.29 is 14.3 Å². The maximum Gasteiger partial charge on any atom is 0.320 e. The number of Topliss-reactive ketones (excluding diaryl/α,β-unsaturated/α-hetero) is 1. The summed E-state index contributed by atoms with van der Waals surface area (Å²) in [5.41, 5.74) is 2.91. The first-order chi connectivity index (χ1) is 23.5. The third-order valence-corrected chi connectivity index (χ3v) is 10.1. The van der Waals surface area contributed by atoms with Crippen LogP contribution in [0.25, 0.3) is 5.65 Å². The van der Waals surface area contributed by atoms with Crippen molar-refractivity contribution in [2.75, 3.05) is 19.4 Å². The van der Waals surface area contributed by atoms with Gasteiger partial charge in [0.05, 0.1) is 17.9 Å². The zero-order chi connectivity index (χ0) is 36.4. The molecule has 11 heteroatoms. The molecule has 0 saturated heterocycles. The Bertz CT molecular complexity index is 1830. The fourth-order valence-electron chi connectivity index (χ4n) is 6.89. The summed E-state index contributed by atoms with van der Waals surface area (Å²) in [6.45, 7) is 16.7. The average molecular weight is 683 g/mol. The predicted molar refractivity (Wildman–Crippen MR) is 197 cm³/mol. The van der Waals surface area contributed by atoms with E-state index in [2.05, 4.69) is 90.5 Å². The number of amides is 2. The fourth-order valence-corrected chi connectivity index (χ4v) is 6.89. The Labute approximate surface area is 296 Å². The molecule has 1 aliphatic rings. The Morgan fingerprint density at radius 1 is 0.920 bits per heavy atom. The third kappa shape index (κ3) is 7.98. The molecule has 0 saturated carbocycles. The van der Waals surface area contributed by atoms with E-state index in [-0.39, 0.29) is 40.1 Å². The molecular formula is C39H54N8O3. The molecule has 0 radical (unpaired) electrons.